The van der Waals surface area contributed by atoms with E-state index in [1.165, 1.54) is 10.5 Å². The maximum Gasteiger partial charge on any atom is 0.274 e. The molecule has 0 atom stereocenters. The lowest BCUT2D eigenvalue weighted by molar-refractivity contribution is 0.0946. The summed E-state index contributed by atoms with van der Waals surface area (Å²) in [5.41, 5.74) is 5.97. The fourth-order valence-corrected chi connectivity index (χ4v) is 3.66. The van der Waals surface area contributed by atoms with Crippen LogP contribution in [-0.4, -0.2) is 32.1 Å². The molecule has 2 heterocycles. The van der Waals surface area contributed by atoms with E-state index in [2.05, 4.69) is 34.5 Å². The second-order valence-corrected chi connectivity index (χ2v) is 8.11. The molecule has 31 heavy (non-hydrogen) atoms. The van der Waals surface area contributed by atoms with Gasteiger partial charge in [0.25, 0.3) is 5.91 Å². The summed E-state index contributed by atoms with van der Waals surface area (Å²) >= 11 is 1.69. The Hall–Kier alpha value is -3.45. The zero-order chi connectivity index (χ0) is 21.8. The Morgan fingerprint density at radius 1 is 1.00 bits per heavy atom. The van der Waals surface area contributed by atoms with Crippen molar-refractivity contribution in [2.75, 3.05) is 6.26 Å². The Morgan fingerprint density at radius 2 is 1.74 bits per heavy atom. The first-order valence-corrected chi connectivity index (χ1v) is 11.1. The fraction of sp³-hybridized carbons (Fsp3) is 0.167. The summed E-state index contributed by atoms with van der Waals surface area (Å²) in [7, 11) is 0. The lowest BCUT2D eigenvalue weighted by Crippen LogP contribution is -2.24. The van der Waals surface area contributed by atoms with Crippen molar-refractivity contribution < 1.29 is 4.79 Å². The highest BCUT2D eigenvalue weighted by molar-refractivity contribution is 7.98. The van der Waals surface area contributed by atoms with E-state index in [9.17, 15) is 4.79 Å². The Morgan fingerprint density at radius 3 is 2.42 bits per heavy atom. The van der Waals surface area contributed by atoms with Gasteiger partial charge in [0.2, 0.25) is 0 Å². The highest BCUT2D eigenvalue weighted by atomic mass is 32.2. The maximum atomic E-state index is 13.1. The van der Waals surface area contributed by atoms with Crippen LogP contribution in [0, 0.1) is 13.8 Å². The van der Waals surface area contributed by atoms with Crippen molar-refractivity contribution in [3.63, 3.8) is 0 Å². The molecule has 0 aliphatic carbocycles. The van der Waals surface area contributed by atoms with Crippen LogP contribution in [0.15, 0.2) is 71.9 Å². The van der Waals surface area contributed by atoms with E-state index >= 15 is 0 Å². The van der Waals surface area contributed by atoms with Gasteiger partial charge in [-0.15, -0.1) is 16.9 Å². The summed E-state index contributed by atoms with van der Waals surface area (Å²) in [6.07, 6.45) is 5.43. The average molecular weight is 430 g/mol. The minimum Gasteiger partial charge on any atom is -0.346 e. The minimum absolute atomic E-state index is 0.268. The lowest BCUT2D eigenvalue weighted by atomic mass is 10.1. The smallest absolute Gasteiger partial charge is 0.274 e. The third kappa shape index (κ3) is 4.51. The first-order chi connectivity index (χ1) is 15.1. The molecule has 0 radical (unpaired) electrons. The number of nitrogens with one attached hydrogen (secondary N) is 1. The van der Waals surface area contributed by atoms with E-state index < -0.39 is 0 Å². The molecule has 7 heteroatoms. The van der Waals surface area contributed by atoms with Crippen LogP contribution < -0.4 is 5.32 Å². The average Bonchev–Trinajstić information content (AvgIpc) is 3.25. The molecule has 4 aromatic rings. The molecular weight excluding hydrogens is 406 g/mol. The second kappa shape index (κ2) is 9.14. The number of hydrogen-bond acceptors (Lipinski definition) is 5. The second-order valence-electron chi connectivity index (χ2n) is 7.23. The van der Waals surface area contributed by atoms with Crippen LogP contribution in [0.2, 0.25) is 0 Å². The number of amides is 1. The zero-order valence-electron chi connectivity index (χ0n) is 17.7. The molecule has 0 saturated heterocycles. The highest BCUT2D eigenvalue weighted by Gasteiger charge is 2.22. The van der Waals surface area contributed by atoms with Gasteiger partial charge in [-0.05, 0) is 73.2 Å². The number of hydrogen-bond donors (Lipinski definition) is 1. The van der Waals surface area contributed by atoms with E-state index in [0.717, 1.165) is 22.4 Å². The van der Waals surface area contributed by atoms with Crippen LogP contribution in [0.25, 0.3) is 16.9 Å². The van der Waals surface area contributed by atoms with Crippen molar-refractivity contribution in [2.24, 2.45) is 0 Å². The van der Waals surface area contributed by atoms with Gasteiger partial charge in [-0.1, -0.05) is 23.4 Å². The van der Waals surface area contributed by atoms with Gasteiger partial charge in [0.05, 0.1) is 5.69 Å². The van der Waals surface area contributed by atoms with Crippen molar-refractivity contribution in [3.05, 3.63) is 89.4 Å². The molecule has 2 aromatic heterocycles. The lowest BCUT2D eigenvalue weighted by Gasteiger charge is -2.10. The van der Waals surface area contributed by atoms with Crippen molar-refractivity contribution >= 4 is 17.7 Å². The number of carbonyl (C=O) groups is 1. The van der Waals surface area contributed by atoms with Crippen molar-refractivity contribution in [2.45, 2.75) is 25.3 Å². The number of rotatable bonds is 6. The quantitative estimate of drug-likeness (QED) is 0.454. The Bertz CT molecular complexity index is 1200. The van der Waals surface area contributed by atoms with Crippen LogP contribution in [0.4, 0.5) is 0 Å². The maximum absolute atomic E-state index is 13.1. The van der Waals surface area contributed by atoms with Gasteiger partial charge >= 0.3 is 0 Å². The molecule has 4 rings (SSSR count). The van der Waals surface area contributed by atoms with Crippen LogP contribution in [0.5, 0.6) is 0 Å². The Kier molecular flexibility index (Phi) is 6.13. The van der Waals surface area contributed by atoms with Crippen LogP contribution >= 0.6 is 11.8 Å². The van der Waals surface area contributed by atoms with Gasteiger partial charge in [-0.25, -0.2) is 4.68 Å². The number of aryl methyl sites for hydroxylation is 2. The predicted octanol–water partition coefficient (Wildman–Crippen LogP) is 4.60. The van der Waals surface area contributed by atoms with E-state index in [0.29, 0.717) is 12.2 Å². The van der Waals surface area contributed by atoms with Gasteiger partial charge < -0.3 is 5.32 Å². The van der Waals surface area contributed by atoms with Gasteiger partial charge in [-0.3, -0.25) is 9.78 Å². The molecule has 0 aliphatic rings. The summed E-state index contributed by atoms with van der Waals surface area (Å²) in [4.78, 5) is 18.3. The predicted molar refractivity (Wildman–Crippen MR) is 123 cm³/mol. The molecule has 6 nitrogen and oxygen atoms in total. The number of thioether (sulfide) groups is 1. The number of nitrogens with zero attached hydrogens (tertiary/aromatic N) is 4. The largest absolute Gasteiger partial charge is 0.346 e. The first-order valence-electron chi connectivity index (χ1n) is 9.91. The number of pyridine rings is 1. The van der Waals surface area contributed by atoms with E-state index in [4.69, 9.17) is 0 Å². The van der Waals surface area contributed by atoms with Crippen molar-refractivity contribution in [1.29, 1.82) is 0 Å². The number of carbonyl (C=O) groups excluding carboxylic acids is 1. The molecule has 156 valence electrons. The number of benzene rings is 2. The summed E-state index contributed by atoms with van der Waals surface area (Å²) in [6, 6.07) is 17.9. The topological polar surface area (TPSA) is 72.7 Å². The van der Waals surface area contributed by atoms with Crippen molar-refractivity contribution in [1.82, 2.24) is 25.3 Å². The van der Waals surface area contributed by atoms with Gasteiger partial charge in [0.1, 0.15) is 5.69 Å². The molecule has 0 spiro atoms. The standard InChI is InChI=1S/C24H23N5OS/c1-16-4-7-20(14-17(16)2)29-23(19-10-12-25-13-11-19)22(27-28-29)24(30)26-15-18-5-8-21(31-3)9-6-18/h4-14H,15H2,1-3H3,(H,26,30). The van der Waals surface area contributed by atoms with E-state index in [1.807, 2.05) is 60.9 Å². The zero-order valence-corrected chi connectivity index (χ0v) is 18.5. The SMILES string of the molecule is CSc1ccc(CNC(=O)c2nnn(-c3ccc(C)c(C)c3)c2-c2ccncc2)cc1. The van der Waals surface area contributed by atoms with Crippen LogP contribution in [-0.2, 0) is 6.54 Å². The van der Waals surface area contributed by atoms with Gasteiger partial charge in [-0.2, -0.15) is 0 Å². The normalized spacial score (nSPS) is 10.8. The first kappa shape index (κ1) is 20.8. The molecule has 0 unspecified atom stereocenters. The highest BCUT2D eigenvalue weighted by Crippen LogP contribution is 2.26. The molecule has 0 saturated carbocycles. The minimum atomic E-state index is -0.268. The molecule has 2 aromatic carbocycles. The summed E-state index contributed by atoms with van der Waals surface area (Å²) in [5, 5.41) is 11.5. The van der Waals surface area contributed by atoms with Crippen LogP contribution in [0.3, 0.4) is 0 Å². The summed E-state index contributed by atoms with van der Waals surface area (Å²) < 4.78 is 1.71. The van der Waals surface area contributed by atoms with Crippen LogP contribution in [0.1, 0.15) is 27.2 Å². The van der Waals surface area contributed by atoms with Gasteiger partial charge in [0.15, 0.2) is 5.69 Å². The molecule has 0 bridgehead atoms. The molecular formula is C24H23N5OS. The molecule has 0 fully saturated rings. The Labute approximate surface area is 185 Å². The molecule has 1 N–H and O–H groups in total. The summed E-state index contributed by atoms with van der Waals surface area (Å²) in [6.45, 7) is 4.53. The molecule has 1 amide bonds. The van der Waals surface area contributed by atoms with Crippen molar-refractivity contribution in [3.8, 4) is 16.9 Å². The third-order valence-electron chi connectivity index (χ3n) is 5.19. The molecule has 0 aliphatic heterocycles. The van der Waals surface area contributed by atoms with E-state index in [-0.39, 0.29) is 11.6 Å². The monoisotopic (exact) mass is 429 g/mol. The number of aromatic nitrogens is 4. The fourth-order valence-electron chi connectivity index (χ4n) is 3.25. The summed E-state index contributed by atoms with van der Waals surface area (Å²) in [5.74, 6) is -0.268. The Balaban J connectivity index is 1.67. The van der Waals surface area contributed by atoms with E-state index in [1.54, 1.807) is 28.8 Å². The third-order valence-corrected chi connectivity index (χ3v) is 5.93. The van der Waals surface area contributed by atoms with Gasteiger partial charge in [0, 0.05) is 29.4 Å².